The summed E-state index contributed by atoms with van der Waals surface area (Å²) in [5.41, 5.74) is 0. The molecule has 0 radical (unpaired) electrons. The van der Waals surface area contributed by atoms with Crippen molar-refractivity contribution in [2.75, 3.05) is 19.8 Å². The molecule has 1 aromatic carbocycles. The SMILES string of the molecule is O=S(=O)(NCC(O)c1ccc(-c2cccs2)s1)c1ccc2c(c1)OCCO2. The highest BCUT2D eigenvalue weighted by atomic mass is 32.2. The van der Waals surface area contributed by atoms with E-state index in [4.69, 9.17) is 9.47 Å². The van der Waals surface area contributed by atoms with Crippen LogP contribution in [0.1, 0.15) is 11.0 Å². The number of hydrogen-bond acceptors (Lipinski definition) is 7. The molecule has 1 atom stereocenters. The lowest BCUT2D eigenvalue weighted by Crippen LogP contribution is -2.28. The Morgan fingerprint density at radius 1 is 1.07 bits per heavy atom. The molecule has 1 unspecified atom stereocenters. The molecular weight excluding hydrogens is 406 g/mol. The first-order valence-electron chi connectivity index (χ1n) is 8.24. The molecular formula is C18H17NO5S3. The number of benzene rings is 1. The minimum Gasteiger partial charge on any atom is -0.486 e. The number of aliphatic hydroxyl groups is 1. The lowest BCUT2D eigenvalue weighted by atomic mass is 10.3. The van der Waals surface area contributed by atoms with Gasteiger partial charge in [-0.05, 0) is 35.7 Å². The average molecular weight is 424 g/mol. The van der Waals surface area contributed by atoms with E-state index < -0.39 is 16.1 Å². The van der Waals surface area contributed by atoms with Crippen LogP contribution in [-0.2, 0) is 10.0 Å². The molecule has 0 aliphatic carbocycles. The van der Waals surface area contributed by atoms with Gasteiger partial charge in [-0.25, -0.2) is 13.1 Å². The topological polar surface area (TPSA) is 84.9 Å². The van der Waals surface area contributed by atoms with Crippen LogP contribution in [0.4, 0.5) is 0 Å². The highest BCUT2D eigenvalue weighted by Crippen LogP contribution is 2.34. The summed E-state index contributed by atoms with van der Waals surface area (Å²) in [4.78, 5) is 2.96. The first-order valence-corrected chi connectivity index (χ1v) is 11.4. The molecule has 9 heteroatoms. The van der Waals surface area contributed by atoms with Gasteiger partial charge in [-0.2, -0.15) is 0 Å². The maximum atomic E-state index is 12.5. The van der Waals surface area contributed by atoms with Gasteiger partial charge in [-0.1, -0.05) is 6.07 Å². The Hall–Kier alpha value is -1.91. The van der Waals surface area contributed by atoms with E-state index in [0.29, 0.717) is 29.6 Å². The van der Waals surface area contributed by atoms with E-state index in [0.717, 1.165) is 9.75 Å². The standard InChI is InChI=1S/C18H17NO5S3/c20-13(16-5-6-18(26-16)17-2-1-9-25-17)11-19-27(21,22)12-3-4-14-15(10-12)24-8-7-23-14/h1-6,9-10,13,19-20H,7-8,11H2. The second-order valence-electron chi connectivity index (χ2n) is 5.85. The van der Waals surface area contributed by atoms with Crippen molar-refractivity contribution in [1.29, 1.82) is 0 Å². The van der Waals surface area contributed by atoms with Gasteiger partial charge in [0.25, 0.3) is 0 Å². The molecule has 1 aliphatic rings. The largest absolute Gasteiger partial charge is 0.486 e. The average Bonchev–Trinajstić information content (AvgIpc) is 3.37. The molecule has 0 bridgehead atoms. The molecule has 0 saturated heterocycles. The lowest BCUT2D eigenvalue weighted by Gasteiger charge is -2.19. The predicted octanol–water partition coefficient (Wildman–Crippen LogP) is 3.26. The second-order valence-corrected chi connectivity index (χ2v) is 9.68. The summed E-state index contributed by atoms with van der Waals surface area (Å²) >= 11 is 3.08. The van der Waals surface area contributed by atoms with Crippen LogP contribution in [0.15, 0.2) is 52.7 Å². The van der Waals surface area contributed by atoms with Crippen molar-refractivity contribution in [3.8, 4) is 21.3 Å². The van der Waals surface area contributed by atoms with Gasteiger partial charge in [-0.3, -0.25) is 0 Å². The number of aliphatic hydroxyl groups excluding tert-OH is 1. The molecule has 1 aliphatic heterocycles. The van der Waals surface area contributed by atoms with Crippen molar-refractivity contribution in [3.05, 3.63) is 52.7 Å². The fourth-order valence-electron chi connectivity index (χ4n) is 2.65. The first kappa shape index (κ1) is 18.5. The summed E-state index contributed by atoms with van der Waals surface area (Å²) in [5.74, 6) is 0.934. The summed E-state index contributed by atoms with van der Waals surface area (Å²) in [6, 6.07) is 12.2. The zero-order valence-corrected chi connectivity index (χ0v) is 16.6. The number of sulfonamides is 1. The highest BCUT2D eigenvalue weighted by molar-refractivity contribution is 7.89. The van der Waals surface area contributed by atoms with Crippen LogP contribution in [0, 0.1) is 0 Å². The molecule has 0 amide bonds. The van der Waals surface area contributed by atoms with E-state index in [2.05, 4.69) is 4.72 Å². The lowest BCUT2D eigenvalue weighted by molar-refractivity contribution is 0.171. The van der Waals surface area contributed by atoms with Crippen LogP contribution in [-0.4, -0.2) is 33.3 Å². The highest BCUT2D eigenvalue weighted by Gasteiger charge is 2.21. The number of nitrogens with one attached hydrogen (secondary N) is 1. The van der Waals surface area contributed by atoms with Gasteiger partial charge in [0, 0.05) is 27.2 Å². The van der Waals surface area contributed by atoms with Crippen molar-refractivity contribution in [2.45, 2.75) is 11.0 Å². The fraction of sp³-hybridized carbons (Fsp3) is 0.222. The van der Waals surface area contributed by atoms with Crippen LogP contribution in [0.25, 0.3) is 9.75 Å². The monoisotopic (exact) mass is 423 g/mol. The zero-order chi connectivity index (χ0) is 18.9. The molecule has 3 aromatic rings. The van der Waals surface area contributed by atoms with Crippen LogP contribution in [0.2, 0.25) is 0 Å². The van der Waals surface area contributed by atoms with Gasteiger partial charge in [0.05, 0.1) is 4.90 Å². The van der Waals surface area contributed by atoms with Gasteiger partial charge in [0.2, 0.25) is 10.0 Å². The van der Waals surface area contributed by atoms with Crippen molar-refractivity contribution >= 4 is 32.7 Å². The van der Waals surface area contributed by atoms with Crippen molar-refractivity contribution in [2.24, 2.45) is 0 Å². The normalized spacial score (nSPS) is 14.9. The van der Waals surface area contributed by atoms with Gasteiger partial charge >= 0.3 is 0 Å². The third-order valence-corrected chi connectivity index (χ3v) is 7.68. The van der Waals surface area contributed by atoms with Gasteiger partial charge in [0.1, 0.15) is 19.3 Å². The molecule has 4 rings (SSSR count). The molecule has 2 aromatic heterocycles. The van der Waals surface area contributed by atoms with E-state index in [1.54, 1.807) is 17.4 Å². The Balaban J connectivity index is 1.44. The molecule has 0 spiro atoms. The molecule has 2 N–H and O–H groups in total. The number of thiophene rings is 2. The predicted molar refractivity (Wildman–Crippen MR) is 105 cm³/mol. The molecule has 3 heterocycles. The maximum absolute atomic E-state index is 12.5. The first-order chi connectivity index (χ1) is 13.0. The second kappa shape index (κ2) is 7.61. The number of fused-ring (bicyclic) bond motifs is 1. The molecule has 0 saturated carbocycles. The van der Waals surface area contributed by atoms with Crippen LogP contribution < -0.4 is 14.2 Å². The van der Waals surface area contributed by atoms with Crippen molar-refractivity contribution < 1.29 is 23.0 Å². The summed E-state index contributed by atoms with van der Waals surface area (Å²) in [6.45, 7) is 0.715. The summed E-state index contributed by atoms with van der Waals surface area (Å²) in [6.07, 6.45) is -0.921. The van der Waals surface area contributed by atoms with Crippen molar-refractivity contribution in [3.63, 3.8) is 0 Å². The number of hydrogen-bond donors (Lipinski definition) is 2. The quantitative estimate of drug-likeness (QED) is 0.636. The minimum atomic E-state index is -3.77. The summed E-state index contributed by atoms with van der Waals surface area (Å²) < 4.78 is 38.4. The van der Waals surface area contributed by atoms with E-state index in [1.165, 1.54) is 23.5 Å². The van der Waals surface area contributed by atoms with E-state index in [-0.39, 0.29) is 11.4 Å². The zero-order valence-electron chi connectivity index (χ0n) is 14.1. The van der Waals surface area contributed by atoms with Crippen LogP contribution in [0.5, 0.6) is 11.5 Å². The van der Waals surface area contributed by atoms with E-state index in [9.17, 15) is 13.5 Å². The Labute approximate surface area is 165 Å². The van der Waals surface area contributed by atoms with Gasteiger partial charge in [0.15, 0.2) is 11.5 Å². The van der Waals surface area contributed by atoms with Crippen LogP contribution >= 0.6 is 22.7 Å². The summed E-state index contributed by atoms with van der Waals surface area (Å²) in [5, 5.41) is 12.4. The Morgan fingerprint density at radius 3 is 2.67 bits per heavy atom. The third kappa shape index (κ3) is 4.02. The summed E-state index contributed by atoms with van der Waals surface area (Å²) in [7, 11) is -3.77. The van der Waals surface area contributed by atoms with E-state index >= 15 is 0 Å². The number of rotatable bonds is 6. The molecule has 142 valence electrons. The maximum Gasteiger partial charge on any atom is 0.240 e. The van der Waals surface area contributed by atoms with Crippen LogP contribution in [0.3, 0.4) is 0 Å². The third-order valence-electron chi connectivity index (χ3n) is 4.01. The Kier molecular flexibility index (Phi) is 5.20. The van der Waals surface area contributed by atoms with E-state index in [1.807, 2.05) is 29.6 Å². The Bertz CT molecular complexity index is 1030. The number of ether oxygens (including phenoxy) is 2. The Morgan fingerprint density at radius 2 is 1.89 bits per heavy atom. The van der Waals surface area contributed by atoms with Gasteiger partial charge < -0.3 is 14.6 Å². The van der Waals surface area contributed by atoms with Gasteiger partial charge in [-0.15, -0.1) is 22.7 Å². The minimum absolute atomic E-state index is 0.0735. The molecule has 27 heavy (non-hydrogen) atoms. The van der Waals surface area contributed by atoms with Crippen molar-refractivity contribution in [1.82, 2.24) is 4.72 Å². The molecule has 6 nitrogen and oxygen atoms in total. The molecule has 0 fully saturated rings. The fourth-order valence-corrected chi connectivity index (χ4v) is 5.53. The smallest absolute Gasteiger partial charge is 0.240 e.